The Morgan fingerprint density at radius 2 is 0.636 bits per heavy atom. The molecule has 0 atom stereocenters. The van der Waals surface area contributed by atoms with Crippen LogP contribution in [0.25, 0.3) is 55.3 Å². The van der Waals surface area contributed by atoms with Crippen molar-refractivity contribution in [2.24, 2.45) is 0 Å². The Labute approximate surface area is 319 Å². The van der Waals surface area contributed by atoms with E-state index < -0.39 is 5.41 Å². The van der Waals surface area contributed by atoms with Crippen LogP contribution in [0.4, 0.5) is 0 Å². The predicted molar refractivity (Wildman–Crippen MR) is 223 cm³/mol. The van der Waals surface area contributed by atoms with Crippen LogP contribution in [0.1, 0.15) is 44.5 Å². The van der Waals surface area contributed by atoms with Crippen LogP contribution >= 0.6 is 0 Å². The Morgan fingerprint density at radius 1 is 0.255 bits per heavy atom. The third kappa shape index (κ3) is 3.50. The van der Waals surface area contributed by atoms with E-state index in [1.807, 2.05) is 0 Å². The fourth-order valence-electron chi connectivity index (χ4n) is 11.0. The van der Waals surface area contributed by atoms with Crippen molar-refractivity contribution in [1.82, 2.24) is 0 Å². The van der Waals surface area contributed by atoms with Crippen molar-refractivity contribution in [1.29, 1.82) is 0 Å². The molecule has 0 saturated heterocycles. The van der Waals surface area contributed by atoms with Gasteiger partial charge in [0.2, 0.25) is 0 Å². The highest BCUT2D eigenvalue weighted by Crippen LogP contribution is 2.65. The maximum Gasteiger partial charge on any atom is 0.132 e. The fourth-order valence-corrected chi connectivity index (χ4v) is 11.0. The van der Waals surface area contributed by atoms with Gasteiger partial charge in [0.25, 0.3) is 0 Å². The largest absolute Gasteiger partial charge is 0.457 e. The van der Waals surface area contributed by atoms with Gasteiger partial charge in [-0.05, 0) is 119 Å². The summed E-state index contributed by atoms with van der Waals surface area (Å²) in [5.41, 5.74) is 19.8. The molecule has 9 aromatic carbocycles. The minimum atomic E-state index is -0.541. The highest BCUT2D eigenvalue weighted by molar-refractivity contribution is 5.97. The molecule has 9 aromatic rings. The van der Waals surface area contributed by atoms with Crippen LogP contribution in [0.5, 0.6) is 11.5 Å². The molecule has 13 rings (SSSR count). The van der Waals surface area contributed by atoms with Crippen molar-refractivity contribution in [2.45, 2.75) is 10.8 Å². The zero-order valence-electron chi connectivity index (χ0n) is 29.9. The molecule has 254 valence electrons. The van der Waals surface area contributed by atoms with Crippen LogP contribution in [0.3, 0.4) is 0 Å². The number of hydrogen-bond acceptors (Lipinski definition) is 1. The summed E-state index contributed by atoms with van der Waals surface area (Å²) >= 11 is 0. The summed E-state index contributed by atoms with van der Waals surface area (Å²) in [6.45, 7) is 0. The summed E-state index contributed by atoms with van der Waals surface area (Å²) in [7, 11) is 0. The minimum Gasteiger partial charge on any atom is -0.457 e. The molecule has 0 N–H and O–H groups in total. The minimum absolute atomic E-state index is 0.352. The van der Waals surface area contributed by atoms with Gasteiger partial charge in [-0.2, -0.15) is 0 Å². The number of ether oxygens (including phenoxy) is 1. The van der Waals surface area contributed by atoms with E-state index in [1.165, 1.54) is 99.8 Å². The number of benzene rings is 9. The standard InChI is InChI=1S/C54H32O/c1-2-14-34-32-52-50(30-33(34)13-1)54(45-22-10-5-17-39(45)40-18-6-11-23-46(40)54)49-31-36(26-28-51(49)55-52)35-25-27-48-42(29-35)41-19-7-12-24-47(41)53(48)43-20-8-3-15-37(43)38-16-4-9-21-44(38)53/h1-32H. The molecule has 1 heteroatoms. The SMILES string of the molecule is c1ccc2c(c1)-c1ccccc1C21c2cc(-c3ccc4c(c3)-c3ccccc3C43c4ccccc4-c4ccccc43)ccc2Oc2cc3ccccc3cc21. The smallest absolute Gasteiger partial charge is 0.132 e. The summed E-state index contributed by atoms with van der Waals surface area (Å²) in [5.74, 6) is 1.82. The zero-order valence-corrected chi connectivity index (χ0v) is 29.9. The average Bonchev–Trinajstić information content (AvgIpc) is 3.83. The monoisotopic (exact) mass is 696 g/mol. The quantitative estimate of drug-likeness (QED) is 0.166. The molecule has 55 heavy (non-hydrogen) atoms. The van der Waals surface area contributed by atoms with Crippen molar-refractivity contribution in [2.75, 3.05) is 0 Å². The second-order valence-corrected chi connectivity index (χ2v) is 15.5. The Balaban J connectivity index is 1.07. The Hall–Kier alpha value is -6.96. The van der Waals surface area contributed by atoms with Crippen LogP contribution in [0.2, 0.25) is 0 Å². The molecule has 1 aliphatic heterocycles. The van der Waals surface area contributed by atoms with E-state index in [0.717, 1.165) is 11.5 Å². The van der Waals surface area contributed by atoms with Crippen molar-refractivity contribution in [3.8, 4) is 56.0 Å². The van der Waals surface area contributed by atoms with Crippen molar-refractivity contribution in [3.63, 3.8) is 0 Å². The number of fused-ring (bicyclic) bond motifs is 20. The molecule has 0 radical (unpaired) electrons. The first-order valence-corrected chi connectivity index (χ1v) is 19.3. The highest BCUT2D eigenvalue weighted by Gasteiger charge is 2.53. The lowest BCUT2D eigenvalue weighted by Crippen LogP contribution is -2.32. The Kier molecular flexibility index (Phi) is 5.56. The molecule has 0 aromatic heterocycles. The molecule has 0 unspecified atom stereocenters. The lowest BCUT2D eigenvalue weighted by Gasteiger charge is -2.40. The molecular formula is C54H32O. The zero-order chi connectivity index (χ0) is 35.9. The van der Waals surface area contributed by atoms with Gasteiger partial charge in [0.1, 0.15) is 11.5 Å². The van der Waals surface area contributed by atoms with Gasteiger partial charge in [0.15, 0.2) is 0 Å². The molecule has 0 bridgehead atoms. The van der Waals surface area contributed by atoms with E-state index in [4.69, 9.17) is 4.74 Å². The lowest BCUT2D eigenvalue weighted by atomic mass is 9.65. The molecule has 1 nitrogen and oxygen atoms in total. The summed E-state index contributed by atoms with van der Waals surface area (Å²) in [4.78, 5) is 0. The van der Waals surface area contributed by atoms with Crippen LogP contribution in [0.15, 0.2) is 194 Å². The average molecular weight is 697 g/mol. The Bertz CT molecular complexity index is 3050. The normalized spacial score (nSPS) is 15.0. The molecule has 4 aliphatic rings. The molecule has 1 heterocycles. The van der Waals surface area contributed by atoms with Gasteiger partial charge in [-0.25, -0.2) is 0 Å². The van der Waals surface area contributed by atoms with E-state index in [1.54, 1.807) is 0 Å². The second-order valence-electron chi connectivity index (χ2n) is 15.5. The molecule has 0 fully saturated rings. The van der Waals surface area contributed by atoms with Gasteiger partial charge < -0.3 is 4.74 Å². The van der Waals surface area contributed by atoms with Crippen molar-refractivity contribution in [3.05, 3.63) is 239 Å². The molecule has 3 aliphatic carbocycles. The van der Waals surface area contributed by atoms with E-state index in [-0.39, 0.29) is 5.41 Å². The maximum absolute atomic E-state index is 6.94. The van der Waals surface area contributed by atoms with Gasteiger partial charge in [0, 0.05) is 11.1 Å². The highest BCUT2D eigenvalue weighted by atomic mass is 16.5. The van der Waals surface area contributed by atoms with Gasteiger partial charge in [-0.15, -0.1) is 0 Å². The first-order valence-electron chi connectivity index (χ1n) is 19.3. The topological polar surface area (TPSA) is 9.23 Å². The lowest BCUT2D eigenvalue weighted by molar-refractivity contribution is 0.437. The van der Waals surface area contributed by atoms with Crippen molar-refractivity contribution >= 4 is 10.8 Å². The van der Waals surface area contributed by atoms with E-state index >= 15 is 0 Å². The third-order valence-electron chi connectivity index (χ3n) is 13.1. The Morgan fingerprint density at radius 3 is 1.18 bits per heavy atom. The number of rotatable bonds is 1. The predicted octanol–water partition coefficient (Wildman–Crippen LogP) is 13.3. The van der Waals surface area contributed by atoms with Crippen LogP contribution < -0.4 is 4.74 Å². The van der Waals surface area contributed by atoms with Crippen LogP contribution in [-0.4, -0.2) is 0 Å². The van der Waals surface area contributed by atoms with Crippen molar-refractivity contribution < 1.29 is 4.74 Å². The van der Waals surface area contributed by atoms with Gasteiger partial charge in [-0.1, -0.05) is 164 Å². The number of hydrogen-bond donors (Lipinski definition) is 0. The van der Waals surface area contributed by atoms with Gasteiger partial charge >= 0.3 is 0 Å². The maximum atomic E-state index is 6.94. The van der Waals surface area contributed by atoms with Crippen LogP contribution in [0, 0.1) is 0 Å². The summed E-state index contributed by atoms with van der Waals surface area (Å²) < 4.78 is 6.94. The van der Waals surface area contributed by atoms with E-state index in [9.17, 15) is 0 Å². The molecule has 0 amide bonds. The van der Waals surface area contributed by atoms with E-state index in [2.05, 4.69) is 194 Å². The molecular weight excluding hydrogens is 665 g/mol. The van der Waals surface area contributed by atoms with Crippen LogP contribution in [-0.2, 0) is 10.8 Å². The second kappa shape index (κ2) is 10.4. The molecule has 2 spiro atoms. The molecule has 0 saturated carbocycles. The van der Waals surface area contributed by atoms with E-state index in [0.29, 0.717) is 0 Å². The fraction of sp³-hybridized carbons (Fsp3) is 0.0370. The summed E-state index contributed by atoms with van der Waals surface area (Å²) in [6, 6.07) is 72.4. The first kappa shape index (κ1) is 29.5. The first-order chi connectivity index (χ1) is 27.3. The van der Waals surface area contributed by atoms with Gasteiger partial charge in [0.05, 0.1) is 10.8 Å². The van der Waals surface area contributed by atoms with Gasteiger partial charge in [-0.3, -0.25) is 0 Å². The third-order valence-corrected chi connectivity index (χ3v) is 13.1. The summed E-state index contributed by atoms with van der Waals surface area (Å²) in [5, 5.41) is 2.40. The summed E-state index contributed by atoms with van der Waals surface area (Å²) in [6.07, 6.45) is 0.